The SMILES string of the molecule is CCN(CC)P(c1cccc2c1Oc1c(cccc1P(N(CC)CC)N(CC)CC)C2)N(CC)CC. The molecule has 0 bridgehead atoms. The molecule has 7 heteroatoms. The molecule has 0 N–H and O–H groups in total. The predicted octanol–water partition coefficient (Wildman–Crippen LogP) is 6.62. The molecule has 0 radical (unpaired) electrons. The van der Waals surface area contributed by atoms with E-state index in [2.05, 4.69) is 110 Å². The minimum Gasteiger partial charge on any atom is -0.455 e. The Balaban J connectivity index is 2.16. The Hall–Kier alpha value is -1.06. The Morgan fingerprint density at radius 3 is 1.11 bits per heavy atom. The van der Waals surface area contributed by atoms with Crippen LogP contribution in [-0.2, 0) is 6.42 Å². The monoisotopic (exact) mass is 530 g/mol. The standard InChI is InChI=1S/C29H48N4OP2/c1-9-30(10-2)35(31(11-3)12-4)26-21-17-19-24-23-25-20-18-22-27(29(25)34-28(24)26)36(32(13-5)14-6)33(15-7)16-8/h17-22H,9-16,23H2,1-8H3. The van der Waals surface area contributed by atoms with Crippen molar-refractivity contribution in [2.45, 2.75) is 61.8 Å². The molecule has 0 aliphatic carbocycles. The molecule has 0 fully saturated rings. The van der Waals surface area contributed by atoms with Gasteiger partial charge in [-0.05, 0) is 12.1 Å². The van der Waals surface area contributed by atoms with Gasteiger partial charge in [-0.15, -0.1) is 0 Å². The normalized spacial score (nSPS) is 13.3. The number of rotatable bonds is 14. The second-order valence-electron chi connectivity index (χ2n) is 8.94. The molecular weight excluding hydrogens is 482 g/mol. The highest BCUT2D eigenvalue weighted by Crippen LogP contribution is 2.51. The van der Waals surface area contributed by atoms with Crippen molar-refractivity contribution in [3.63, 3.8) is 0 Å². The topological polar surface area (TPSA) is 22.2 Å². The summed E-state index contributed by atoms with van der Waals surface area (Å²) in [5, 5.41) is 2.73. The van der Waals surface area contributed by atoms with Gasteiger partial charge in [0, 0.05) is 80.5 Å². The second-order valence-corrected chi connectivity index (χ2v) is 13.3. The van der Waals surface area contributed by atoms with Gasteiger partial charge >= 0.3 is 0 Å². The zero-order chi connectivity index (χ0) is 26.2. The van der Waals surface area contributed by atoms with Gasteiger partial charge in [-0.25, -0.2) is 0 Å². The lowest BCUT2D eigenvalue weighted by Gasteiger charge is -2.40. The summed E-state index contributed by atoms with van der Waals surface area (Å²) < 4.78 is 17.6. The summed E-state index contributed by atoms with van der Waals surface area (Å²) >= 11 is 0. The van der Waals surface area contributed by atoms with Gasteiger partial charge < -0.3 is 4.74 Å². The smallest absolute Gasteiger partial charge is 0.141 e. The first-order valence-electron chi connectivity index (χ1n) is 14.0. The highest BCUT2D eigenvalue weighted by Gasteiger charge is 2.33. The van der Waals surface area contributed by atoms with E-state index in [0.29, 0.717) is 0 Å². The van der Waals surface area contributed by atoms with E-state index in [9.17, 15) is 0 Å². The van der Waals surface area contributed by atoms with Crippen molar-refractivity contribution in [1.82, 2.24) is 18.7 Å². The number of benzene rings is 2. The number of para-hydroxylation sites is 2. The molecule has 200 valence electrons. The molecule has 2 aromatic carbocycles. The number of hydrogen-bond acceptors (Lipinski definition) is 5. The van der Waals surface area contributed by atoms with E-state index in [-0.39, 0.29) is 0 Å². The zero-order valence-electron chi connectivity index (χ0n) is 23.9. The van der Waals surface area contributed by atoms with Crippen LogP contribution in [-0.4, -0.2) is 71.0 Å². The second kappa shape index (κ2) is 14.2. The van der Waals surface area contributed by atoms with Gasteiger partial charge in [0.2, 0.25) is 0 Å². The van der Waals surface area contributed by atoms with Crippen LogP contribution in [0.2, 0.25) is 0 Å². The van der Waals surface area contributed by atoms with Gasteiger partial charge in [-0.2, -0.15) is 0 Å². The fourth-order valence-electron chi connectivity index (χ4n) is 5.21. The van der Waals surface area contributed by atoms with E-state index >= 15 is 0 Å². The Morgan fingerprint density at radius 1 is 0.528 bits per heavy atom. The lowest BCUT2D eigenvalue weighted by atomic mass is 10.0. The van der Waals surface area contributed by atoms with Gasteiger partial charge in [0.25, 0.3) is 0 Å². The van der Waals surface area contributed by atoms with Crippen LogP contribution in [0.1, 0.15) is 66.5 Å². The minimum atomic E-state index is -0.623. The maximum absolute atomic E-state index is 7.08. The zero-order valence-corrected chi connectivity index (χ0v) is 25.7. The molecule has 3 rings (SSSR count). The molecule has 2 aromatic rings. The van der Waals surface area contributed by atoms with Crippen molar-refractivity contribution in [2.75, 3.05) is 52.4 Å². The number of hydrogen-bond donors (Lipinski definition) is 0. The van der Waals surface area contributed by atoms with Crippen LogP contribution >= 0.6 is 16.4 Å². The fourth-order valence-corrected chi connectivity index (χ4v) is 10.5. The molecule has 1 aliphatic heterocycles. The third-order valence-electron chi connectivity index (χ3n) is 7.16. The maximum Gasteiger partial charge on any atom is 0.141 e. The van der Waals surface area contributed by atoms with Crippen molar-refractivity contribution >= 4 is 27.1 Å². The highest BCUT2D eigenvalue weighted by molar-refractivity contribution is 7.61. The first-order chi connectivity index (χ1) is 17.5. The minimum absolute atomic E-state index is 0.623. The van der Waals surface area contributed by atoms with Gasteiger partial charge in [-0.1, -0.05) is 79.7 Å². The Morgan fingerprint density at radius 2 is 0.833 bits per heavy atom. The molecule has 36 heavy (non-hydrogen) atoms. The van der Waals surface area contributed by atoms with Crippen molar-refractivity contribution in [1.29, 1.82) is 0 Å². The van der Waals surface area contributed by atoms with Gasteiger partial charge in [0.1, 0.15) is 11.5 Å². The van der Waals surface area contributed by atoms with Gasteiger partial charge in [0.15, 0.2) is 0 Å². The Bertz CT molecular complexity index is 857. The molecule has 1 heterocycles. The molecule has 0 saturated carbocycles. The lowest BCUT2D eigenvalue weighted by Crippen LogP contribution is -2.36. The quantitative estimate of drug-likeness (QED) is 0.218. The molecule has 5 nitrogen and oxygen atoms in total. The van der Waals surface area contributed by atoms with Crippen molar-refractivity contribution in [3.05, 3.63) is 47.5 Å². The number of nitrogens with zero attached hydrogens (tertiary/aromatic N) is 4. The molecule has 0 atom stereocenters. The third-order valence-corrected chi connectivity index (χ3v) is 13.1. The maximum atomic E-state index is 7.08. The van der Waals surface area contributed by atoms with Gasteiger partial charge in [0.05, 0.1) is 16.4 Å². The van der Waals surface area contributed by atoms with E-state index in [4.69, 9.17) is 4.74 Å². The first-order valence-corrected chi connectivity index (χ1v) is 16.5. The average molecular weight is 531 g/mol. The summed E-state index contributed by atoms with van der Waals surface area (Å²) in [6.07, 6.45) is 0.936. The van der Waals surface area contributed by atoms with Crippen LogP contribution in [0.4, 0.5) is 0 Å². The average Bonchev–Trinajstić information content (AvgIpc) is 2.92. The molecule has 0 aromatic heterocycles. The molecule has 0 saturated heterocycles. The van der Waals surface area contributed by atoms with Crippen molar-refractivity contribution in [2.24, 2.45) is 0 Å². The van der Waals surface area contributed by atoms with Crippen LogP contribution in [0.15, 0.2) is 36.4 Å². The van der Waals surface area contributed by atoms with Crippen molar-refractivity contribution in [3.8, 4) is 11.5 Å². The fraction of sp³-hybridized carbons (Fsp3) is 0.586. The Labute approximate surface area is 223 Å². The third kappa shape index (κ3) is 5.98. The van der Waals surface area contributed by atoms with E-state index in [1.807, 2.05) is 0 Å². The molecule has 0 unspecified atom stereocenters. The van der Waals surface area contributed by atoms with Crippen LogP contribution in [0.25, 0.3) is 0 Å². The molecule has 0 amide bonds. The summed E-state index contributed by atoms with van der Waals surface area (Å²) in [6.45, 7) is 26.6. The van der Waals surface area contributed by atoms with Gasteiger partial charge in [-0.3, -0.25) is 18.7 Å². The molecule has 1 aliphatic rings. The van der Waals surface area contributed by atoms with Crippen LogP contribution < -0.4 is 15.3 Å². The summed E-state index contributed by atoms with van der Waals surface area (Å²) in [5.41, 5.74) is 2.64. The summed E-state index contributed by atoms with van der Waals surface area (Å²) in [4.78, 5) is 0. The lowest BCUT2D eigenvalue weighted by molar-refractivity contribution is 0.423. The van der Waals surface area contributed by atoms with E-state index in [1.54, 1.807) is 0 Å². The van der Waals surface area contributed by atoms with Crippen molar-refractivity contribution < 1.29 is 4.74 Å². The largest absolute Gasteiger partial charge is 0.455 e. The van der Waals surface area contributed by atoms with E-state index in [1.165, 1.54) is 21.7 Å². The van der Waals surface area contributed by atoms with E-state index in [0.717, 1.165) is 70.3 Å². The van der Waals surface area contributed by atoms with Crippen LogP contribution in [0.5, 0.6) is 11.5 Å². The number of fused-ring (bicyclic) bond motifs is 2. The number of ether oxygens (including phenoxy) is 1. The molecular formula is C29H48N4OP2. The highest BCUT2D eigenvalue weighted by atomic mass is 31.1. The molecule has 0 spiro atoms. The Kier molecular flexibility index (Phi) is 11.6. The first kappa shape index (κ1) is 29.5. The summed E-state index contributed by atoms with van der Waals surface area (Å²) in [7, 11) is -1.25. The van der Waals surface area contributed by atoms with Crippen LogP contribution in [0, 0.1) is 0 Å². The van der Waals surface area contributed by atoms with E-state index < -0.39 is 16.4 Å². The summed E-state index contributed by atoms with van der Waals surface area (Å²) in [6, 6.07) is 13.7. The summed E-state index contributed by atoms with van der Waals surface area (Å²) in [5.74, 6) is 2.22. The van der Waals surface area contributed by atoms with Crippen LogP contribution in [0.3, 0.4) is 0 Å². The predicted molar refractivity (Wildman–Crippen MR) is 161 cm³/mol.